The number of para-hydroxylation sites is 1. The molecule has 0 aliphatic carbocycles. The van der Waals surface area contributed by atoms with Crippen LogP contribution < -0.4 is 0 Å². The van der Waals surface area contributed by atoms with Gasteiger partial charge >= 0.3 is 0 Å². The molecule has 0 saturated heterocycles. The van der Waals surface area contributed by atoms with Gasteiger partial charge in [0.1, 0.15) is 0 Å². The minimum Gasteiger partial charge on any atom is -0.248 e. The minimum absolute atomic E-state index is 1.03. The van der Waals surface area contributed by atoms with Crippen LogP contribution in [0.25, 0.3) is 32.9 Å². The predicted octanol–water partition coefficient (Wildman–Crippen LogP) is 4.86. The largest absolute Gasteiger partial charge is 0.248 e. The zero-order chi connectivity index (χ0) is 13.4. The van der Waals surface area contributed by atoms with Crippen molar-refractivity contribution in [2.75, 3.05) is 0 Å². The van der Waals surface area contributed by atoms with Crippen LogP contribution in [0.5, 0.6) is 0 Å². The number of pyridine rings is 1. The number of hydrogen-bond acceptors (Lipinski definition) is 1. The molecule has 3 aromatic carbocycles. The van der Waals surface area contributed by atoms with Gasteiger partial charge in [0, 0.05) is 10.8 Å². The van der Waals surface area contributed by atoms with E-state index in [0.29, 0.717) is 0 Å². The fourth-order valence-corrected chi connectivity index (χ4v) is 2.51. The molecule has 0 aliphatic rings. The SMILES string of the molecule is [c]1ccccc1-c1ccc2cc3ccccc3nc2c1. The van der Waals surface area contributed by atoms with Crippen LogP contribution in [0.4, 0.5) is 0 Å². The van der Waals surface area contributed by atoms with Crippen molar-refractivity contribution in [3.05, 3.63) is 78.9 Å². The van der Waals surface area contributed by atoms with Crippen molar-refractivity contribution in [3.8, 4) is 11.1 Å². The Labute approximate surface area is 117 Å². The summed E-state index contributed by atoms with van der Waals surface area (Å²) in [5.74, 6) is 0. The fourth-order valence-electron chi connectivity index (χ4n) is 2.51. The molecule has 0 N–H and O–H groups in total. The van der Waals surface area contributed by atoms with Gasteiger partial charge < -0.3 is 0 Å². The van der Waals surface area contributed by atoms with Crippen LogP contribution in [0.2, 0.25) is 0 Å². The van der Waals surface area contributed by atoms with E-state index in [1.165, 1.54) is 10.8 Å². The number of hydrogen-bond donors (Lipinski definition) is 0. The Bertz CT molecular complexity index is 895. The number of rotatable bonds is 1. The van der Waals surface area contributed by atoms with E-state index in [-0.39, 0.29) is 0 Å². The summed E-state index contributed by atoms with van der Waals surface area (Å²) >= 11 is 0. The molecule has 0 aliphatic heterocycles. The van der Waals surface area contributed by atoms with Crippen molar-refractivity contribution in [2.24, 2.45) is 0 Å². The third kappa shape index (κ3) is 1.84. The van der Waals surface area contributed by atoms with Crippen molar-refractivity contribution in [1.82, 2.24) is 4.98 Å². The van der Waals surface area contributed by atoms with E-state index in [0.717, 1.165) is 22.2 Å². The summed E-state index contributed by atoms with van der Waals surface area (Å²) in [6.07, 6.45) is 0. The summed E-state index contributed by atoms with van der Waals surface area (Å²) in [6, 6.07) is 28.1. The Balaban J connectivity index is 1.97. The molecule has 0 atom stereocenters. The third-order valence-corrected chi connectivity index (χ3v) is 3.54. The van der Waals surface area contributed by atoms with Gasteiger partial charge in [-0.25, -0.2) is 4.98 Å². The van der Waals surface area contributed by atoms with E-state index in [9.17, 15) is 0 Å². The molecule has 0 unspecified atom stereocenters. The molecule has 1 heteroatoms. The van der Waals surface area contributed by atoms with Crippen molar-refractivity contribution >= 4 is 21.8 Å². The minimum atomic E-state index is 1.03. The van der Waals surface area contributed by atoms with Gasteiger partial charge in [-0.15, -0.1) is 0 Å². The van der Waals surface area contributed by atoms with Gasteiger partial charge in [0.15, 0.2) is 0 Å². The second kappa shape index (κ2) is 4.46. The lowest BCUT2D eigenvalue weighted by Crippen LogP contribution is -1.84. The number of aromatic nitrogens is 1. The first-order valence-corrected chi connectivity index (χ1v) is 6.67. The van der Waals surface area contributed by atoms with E-state index in [1.54, 1.807) is 0 Å². The number of fused-ring (bicyclic) bond motifs is 2. The monoisotopic (exact) mass is 254 g/mol. The maximum Gasteiger partial charge on any atom is 0.0715 e. The van der Waals surface area contributed by atoms with Crippen LogP contribution in [0.15, 0.2) is 72.8 Å². The van der Waals surface area contributed by atoms with Crippen LogP contribution in [0.3, 0.4) is 0 Å². The number of benzene rings is 3. The molecule has 1 heterocycles. The van der Waals surface area contributed by atoms with Crippen molar-refractivity contribution in [2.45, 2.75) is 0 Å². The highest BCUT2D eigenvalue weighted by molar-refractivity contribution is 5.94. The molecule has 4 aromatic rings. The summed E-state index contributed by atoms with van der Waals surface area (Å²) in [5, 5.41) is 2.35. The van der Waals surface area contributed by atoms with Crippen LogP contribution in [0, 0.1) is 6.07 Å². The molecular formula is C19H12N. The first-order valence-electron chi connectivity index (χ1n) is 6.67. The van der Waals surface area contributed by atoms with E-state index in [1.807, 2.05) is 30.3 Å². The first-order chi connectivity index (χ1) is 9.90. The van der Waals surface area contributed by atoms with E-state index in [4.69, 9.17) is 4.98 Å². The topological polar surface area (TPSA) is 12.9 Å². The molecule has 0 bridgehead atoms. The molecule has 0 saturated carbocycles. The van der Waals surface area contributed by atoms with E-state index >= 15 is 0 Å². The van der Waals surface area contributed by atoms with Gasteiger partial charge in [-0.2, -0.15) is 0 Å². The van der Waals surface area contributed by atoms with Crippen LogP contribution in [-0.2, 0) is 0 Å². The Morgan fingerprint density at radius 2 is 1.55 bits per heavy atom. The molecule has 1 radical (unpaired) electrons. The smallest absolute Gasteiger partial charge is 0.0715 e. The number of nitrogens with zero attached hydrogens (tertiary/aromatic N) is 1. The summed E-state index contributed by atoms with van der Waals surface area (Å²) in [4.78, 5) is 4.75. The molecule has 0 spiro atoms. The average molecular weight is 254 g/mol. The van der Waals surface area contributed by atoms with Crippen LogP contribution >= 0.6 is 0 Å². The molecule has 0 fully saturated rings. The lowest BCUT2D eigenvalue weighted by Gasteiger charge is -2.05. The first kappa shape index (κ1) is 11.2. The summed E-state index contributed by atoms with van der Waals surface area (Å²) in [6.45, 7) is 0. The molecule has 1 aromatic heterocycles. The Morgan fingerprint density at radius 3 is 2.45 bits per heavy atom. The Hall–Kier alpha value is -2.67. The average Bonchev–Trinajstić information content (AvgIpc) is 2.53. The highest BCUT2D eigenvalue weighted by atomic mass is 14.7. The van der Waals surface area contributed by atoms with Gasteiger partial charge in [0.2, 0.25) is 0 Å². The molecule has 20 heavy (non-hydrogen) atoms. The second-order valence-corrected chi connectivity index (χ2v) is 4.86. The maximum atomic E-state index is 4.75. The fraction of sp³-hybridized carbons (Fsp3) is 0. The zero-order valence-electron chi connectivity index (χ0n) is 10.9. The van der Waals surface area contributed by atoms with Gasteiger partial charge in [-0.3, -0.25) is 0 Å². The third-order valence-electron chi connectivity index (χ3n) is 3.54. The summed E-state index contributed by atoms with van der Waals surface area (Å²) in [5.41, 5.74) is 4.32. The van der Waals surface area contributed by atoms with Crippen LogP contribution in [0.1, 0.15) is 0 Å². The Morgan fingerprint density at radius 1 is 0.700 bits per heavy atom. The summed E-state index contributed by atoms with van der Waals surface area (Å²) in [7, 11) is 0. The quantitative estimate of drug-likeness (QED) is 0.442. The normalized spacial score (nSPS) is 11.0. The highest BCUT2D eigenvalue weighted by Gasteiger charge is 2.02. The van der Waals surface area contributed by atoms with E-state index < -0.39 is 0 Å². The van der Waals surface area contributed by atoms with Crippen molar-refractivity contribution in [1.29, 1.82) is 0 Å². The standard InChI is InChI=1S/C19H12N/c1-2-6-14(7-3-1)15-10-11-17-12-16-8-4-5-9-18(16)20-19(17)13-15/h1-6,8-13H. The molecule has 0 amide bonds. The second-order valence-electron chi connectivity index (χ2n) is 4.86. The van der Waals surface area contributed by atoms with Crippen molar-refractivity contribution in [3.63, 3.8) is 0 Å². The lowest BCUT2D eigenvalue weighted by atomic mass is 10.0. The van der Waals surface area contributed by atoms with Crippen molar-refractivity contribution < 1.29 is 0 Å². The lowest BCUT2D eigenvalue weighted by molar-refractivity contribution is 1.49. The zero-order valence-corrected chi connectivity index (χ0v) is 10.9. The molecular weight excluding hydrogens is 242 g/mol. The van der Waals surface area contributed by atoms with Gasteiger partial charge in [-0.05, 0) is 35.4 Å². The van der Waals surface area contributed by atoms with Gasteiger partial charge in [-0.1, -0.05) is 54.6 Å². The molecule has 4 rings (SSSR count). The highest BCUT2D eigenvalue weighted by Crippen LogP contribution is 2.25. The molecule has 1 nitrogen and oxygen atoms in total. The van der Waals surface area contributed by atoms with Gasteiger partial charge in [0.25, 0.3) is 0 Å². The maximum absolute atomic E-state index is 4.75. The van der Waals surface area contributed by atoms with Crippen LogP contribution in [-0.4, -0.2) is 4.98 Å². The van der Waals surface area contributed by atoms with E-state index in [2.05, 4.69) is 48.5 Å². The van der Waals surface area contributed by atoms with Gasteiger partial charge in [0.05, 0.1) is 11.0 Å². The molecule has 93 valence electrons. The summed E-state index contributed by atoms with van der Waals surface area (Å²) < 4.78 is 0. The Kier molecular flexibility index (Phi) is 2.49. The predicted molar refractivity (Wildman–Crippen MR) is 83.5 cm³/mol.